The molecule has 0 spiro atoms. The van der Waals surface area contributed by atoms with Crippen LogP contribution in [0.15, 0.2) is 47.3 Å². The second-order valence-corrected chi connectivity index (χ2v) is 7.75. The van der Waals surface area contributed by atoms with Crippen molar-refractivity contribution in [2.75, 3.05) is 36.5 Å². The summed E-state index contributed by atoms with van der Waals surface area (Å²) < 4.78 is 8.68. The van der Waals surface area contributed by atoms with Gasteiger partial charge < -0.3 is 15.0 Å². The number of carbonyl (C=O) groups is 1. The van der Waals surface area contributed by atoms with Crippen LogP contribution in [-0.4, -0.2) is 41.3 Å². The van der Waals surface area contributed by atoms with E-state index in [0.29, 0.717) is 30.5 Å². The Morgan fingerprint density at radius 2 is 1.80 bits per heavy atom. The minimum atomic E-state index is -0.270. The third-order valence-electron chi connectivity index (χ3n) is 5.26. The monoisotopic (exact) mass is 428 g/mol. The highest BCUT2D eigenvalue weighted by molar-refractivity contribution is 6.31. The number of hydrogen-bond acceptors (Lipinski definition) is 4. The zero-order valence-corrected chi connectivity index (χ0v) is 17.7. The summed E-state index contributed by atoms with van der Waals surface area (Å²) >= 11 is 6.19. The molecule has 0 unspecified atom stereocenters. The summed E-state index contributed by atoms with van der Waals surface area (Å²) in [5, 5.41) is 3.50. The molecule has 30 heavy (non-hydrogen) atoms. The van der Waals surface area contributed by atoms with Crippen molar-refractivity contribution in [3.63, 3.8) is 0 Å². The Morgan fingerprint density at radius 1 is 1.10 bits per heavy atom. The molecule has 1 N–H and O–H groups in total. The number of amides is 1. The highest BCUT2D eigenvalue weighted by Crippen LogP contribution is 2.30. The lowest BCUT2D eigenvalue weighted by atomic mass is 10.2. The minimum Gasteiger partial charge on any atom is -0.378 e. The van der Waals surface area contributed by atoms with Crippen LogP contribution in [0, 0.1) is 0 Å². The summed E-state index contributed by atoms with van der Waals surface area (Å²) in [5.41, 5.74) is 2.96. The molecule has 0 bridgehead atoms. The van der Waals surface area contributed by atoms with Gasteiger partial charge >= 0.3 is 5.69 Å². The predicted octanol–water partition coefficient (Wildman–Crippen LogP) is 3.34. The molecule has 1 aliphatic heterocycles. The Labute approximate surface area is 179 Å². The maximum atomic E-state index is 12.9. The zero-order chi connectivity index (χ0) is 21.1. The summed E-state index contributed by atoms with van der Waals surface area (Å²) in [6.07, 6.45) is 0.839. The Bertz CT molecular complexity index is 1120. The molecule has 0 aliphatic carbocycles. The van der Waals surface area contributed by atoms with Crippen molar-refractivity contribution in [1.82, 2.24) is 9.13 Å². The average Bonchev–Trinajstić information content (AvgIpc) is 3.01. The fourth-order valence-corrected chi connectivity index (χ4v) is 4.06. The van der Waals surface area contributed by atoms with Crippen LogP contribution >= 0.6 is 11.6 Å². The van der Waals surface area contributed by atoms with Crippen LogP contribution in [0.5, 0.6) is 0 Å². The maximum absolute atomic E-state index is 12.9. The number of anilines is 2. The van der Waals surface area contributed by atoms with E-state index in [1.54, 1.807) is 10.6 Å². The van der Waals surface area contributed by atoms with Gasteiger partial charge in [0.2, 0.25) is 5.91 Å². The predicted molar refractivity (Wildman–Crippen MR) is 120 cm³/mol. The Hall–Kier alpha value is -2.77. The van der Waals surface area contributed by atoms with Crippen LogP contribution < -0.4 is 15.9 Å². The molecule has 2 aromatic carbocycles. The SMILES string of the molecule is CCCn1c(=O)n(CC(=O)Nc2cc(Cl)ccc2N2CCOCC2)c2ccccc21. The summed E-state index contributed by atoms with van der Waals surface area (Å²) in [5.74, 6) is -0.270. The molecule has 1 aromatic heterocycles. The number of halogens is 1. The average molecular weight is 429 g/mol. The van der Waals surface area contributed by atoms with Gasteiger partial charge in [-0.2, -0.15) is 0 Å². The molecule has 4 rings (SSSR count). The second kappa shape index (κ2) is 8.93. The van der Waals surface area contributed by atoms with Crippen LogP contribution in [0.3, 0.4) is 0 Å². The van der Waals surface area contributed by atoms with E-state index in [1.807, 2.05) is 43.3 Å². The van der Waals surface area contributed by atoms with E-state index in [-0.39, 0.29) is 18.1 Å². The molecule has 1 aliphatic rings. The molecule has 8 heteroatoms. The number of nitrogens with one attached hydrogen (secondary N) is 1. The van der Waals surface area contributed by atoms with Crippen LogP contribution in [0.2, 0.25) is 5.02 Å². The summed E-state index contributed by atoms with van der Waals surface area (Å²) in [4.78, 5) is 28.0. The molecular weight excluding hydrogens is 404 g/mol. The molecule has 158 valence electrons. The minimum absolute atomic E-state index is 0.0644. The molecule has 7 nitrogen and oxygen atoms in total. The lowest BCUT2D eigenvalue weighted by Gasteiger charge is -2.30. The van der Waals surface area contributed by atoms with Crippen molar-refractivity contribution < 1.29 is 9.53 Å². The van der Waals surface area contributed by atoms with Gasteiger partial charge in [-0.25, -0.2) is 4.79 Å². The molecule has 1 fully saturated rings. The normalized spacial score (nSPS) is 14.3. The van der Waals surface area contributed by atoms with E-state index in [4.69, 9.17) is 16.3 Å². The number of para-hydroxylation sites is 2. The molecule has 1 saturated heterocycles. The van der Waals surface area contributed by atoms with Crippen molar-refractivity contribution >= 4 is 39.9 Å². The molecular formula is C22H25ClN4O3. The number of aryl methyl sites for hydroxylation is 1. The molecule has 2 heterocycles. The Balaban J connectivity index is 1.61. The van der Waals surface area contributed by atoms with Crippen LogP contribution in [0.4, 0.5) is 11.4 Å². The van der Waals surface area contributed by atoms with E-state index in [2.05, 4.69) is 10.2 Å². The van der Waals surface area contributed by atoms with Gasteiger partial charge in [-0.05, 0) is 36.8 Å². The second-order valence-electron chi connectivity index (χ2n) is 7.32. The smallest absolute Gasteiger partial charge is 0.329 e. The lowest BCUT2D eigenvalue weighted by molar-refractivity contribution is -0.116. The van der Waals surface area contributed by atoms with E-state index in [9.17, 15) is 9.59 Å². The first-order chi connectivity index (χ1) is 14.6. The topological polar surface area (TPSA) is 68.5 Å². The summed E-state index contributed by atoms with van der Waals surface area (Å²) in [6, 6.07) is 13.0. The van der Waals surface area contributed by atoms with Crippen molar-refractivity contribution in [2.24, 2.45) is 0 Å². The van der Waals surface area contributed by atoms with E-state index < -0.39 is 0 Å². The first kappa shape index (κ1) is 20.5. The number of rotatable bonds is 6. The quantitative estimate of drug-likeness (QED) is 0.653. The van der Waals surface area contributed by atoms with Crippen LogP contribution in [0.25, 0.3) is 11.0 Å². The molecule has 3 aromatic rings. The third-order valence-corrected chi connectivity index (χ3v) is 5.49. The van der Waals surface area contributed by atoms with Crippen molar-refractivity contribution in [3.8, 4) is 0 Å². The van der Waals surface area contributed by atoms with Gasteiger partial charge in [0.15, 0.2) is 0 Å². The number of ether oxygens (including phenoxy) is 1. The van der Waals surface area contributed by atoms with Gasteiger partial charge in [0, 0.05) is 24.7 Å². The number of benzene rings is 2. The number of carbonyl (C=O) groups excluding carboxylic acids is 1. The first-order valence-corrected chi connectivity index (χ1v) is 10.6. The lowest BCUT2D eigenvalue weighted by Crippen LogP contribution is -2.37. The van der Waals surface area contributed by atoms with Crippen LogP contribution in [-0.2, 0) is 22.6 Å². The fraction of sp³-hybridized carbons (Fsp3) is 0.364. The van der Waals surface area contributed by atoms with Gasteiger partial charge in [-0.3, -0.25) is 13.9 Å². The van der Waals surface area contributed by atoms with E-state index in [0.717, 1.165) is 36.2 Å². The number of hydrogen-bond donors (Lipinski definition) is 1. The van der Waals surface area contributed by atoms with Crippen molar-refractivity contribution in [1.29, 1.82) is 0 Å². The van der Waals surface area contributed by atoms with E-state index in [1.165, 1.54) is 4.57 Å². The van der Waals surface area contributed by atoms with Gasteiger partial charge in [0.1, 0.15) is 6.54 Å². The third kappa shape index (κ3) is 4.08. The van der Waals surface area contributed by atoms with Crippen molar-refractivity contribution in [2.45, 2.75) is 26.4 Å². The van der Waals surface area contributed by atoms with Gasteiger partial charge in [0.05, 0.1) is 35.6 Å². The van der Waals surface area contributed by atoms with Crippen LogP contribution in [0.1, 0.15) is 13.3 Å². The number of fused-ring (bicyclic) bond motifs is 1. The van der Waals surface area contributed by atoms with Gasteiger partial charge in [-0.15, -0.1) is 0 Å². The van der Waals surface area contributed by atoms with E-state index >= 15 is 0 Å². The summed E-state index contributed by atoms with van der Waals surface area (Å²) in [6.45, 7) is 5.35. The first-order valence-electron chi connectivity index (χ1n) is 10.2. The zero-order valence-electron chi connectivity index (χ0n) is 16.9. The molecule has 1 amide bonds. The Morgan fingerprint density at radius 3 is 2.50 bits per heavy atom. The summed E-state index contributed by atoms with van der Waals surface area (Å²) in [7, 11) is 0. The van der Waals surface area contributed by atoms with Gasteiger partial charge in [-0.1, -0.05) is 30.7 Å². The Kier molecular flexibility index (Phi) is 6.11. The molecule has 0 atom stereocenters. The molecule has 0 saturated carbocycles. The largest absolute Gasteiger partial charge is 0.378 e. The number of imidazole rings is 1. The molecule has 0 radical (unpaired) electrons. The number of nitrogens with zero attached hydrogens (tertiary/aromatic N) is 3. The fourth-order valence-electron chi connectivity index (χ4n) is 3.89. The van der Waals surface area contributed by atoms with Crippen molar-refractivity contribution in [3.05, 3.63) is 58.0 Å². The number of aromatic nitrogens is 2. The van der Waals surface area contributed by atoms with Gasteiger partial charge in [0.25, 0.3) is 0 Å². The highest BCUT2D eigenvalue weighted by atomic mass is 35.5. The number of morpholine rings is 1. The highest BCUT2D eigenvalue weighted by Gasteiger charge is 2.19. The standard InChI is InChI=1S/C22H25ClN4O3/c1-2-9-26-19-5-3-4-6-20(19)27(22(26)29)15-21(28)24-17-14-16(23)7-8-18(17)25-10-12-30-13-11-25/h3-8,14H,2,9-13,15H2,1H3,(H,24,28). The maximum Gasteiger partial charge on any atom is 0.329 e.